The number of nitrogens with one attached hydrogen (secondary N) is 2. The molecule has 7 nitrogen and oxygen atoms in total. The summed E-state index contributed by atoms with van der Waals surface area (Å²) in [6.45, 7) is 9.31. The first-order valence-corrected chi connectivity index (χ1v) is 11.4. The first kappa shape index (κ1) is 21.5. The second-order valence-corrected chi connectivity index (χ2v) is 8.33. The van der Waals surface area contributed by atoms with Crippen LogP contribution in [0, 0.1) is 5.92 Å². The van der Waals surface area contributed by atoms with E-state index in [2.05, 4.69) is 34.3 Å². The summed E-state index contributed by atoms with van der Waals surface area (Å²) in [7, 11) is 0. The maximum absolute atomic E-state index is 12.7. The highest BCUT2D eigenvalue weighted by Gasteiger charge is 2.28. The zero-order chi connectivity index (χ0) is 20.6. The number of carbonyl (C=O) groups excluding carboxylic acids is 2. The zero-order valence-corrected chi connectivity index (χ0v) is 18.1. The highest BCUT2D eigenvalue weighted by Crippen LogP contribution is 2.24. The molecule has 0 atom stereocenters. The van der Waals surface area contributed by atoms with Gasteiger partial charge >= 0.3 is 0 Å². The van der Waals surface area contributed by atoms with Crippen LogP contribution in [-0.2, 0) is 4.79 Å². The molecule has 0 saturated carbocycles. The Labute approximate surface area is 176 Å². The molecule has 1 saturated heterocycles. The third-order valence-electron chi connectivity index (χ3n) is 5.58. The fourth-order valence-corrected chi connectivity index (χ4v) is 4.39. The van der Waals surface area contributed by atoms with E-state index >= 15 is 0 Å². The quantitative estimate of drug-likeness (QED) is 0.615. The molecule has 3 heterocycles. The van der Waals surface area contributed by atoms with Crippen LogP contribution >= 0.6 is 11.3 Å². The zero-order valence-electron chi connectivity index (χ0n) is 17.3. The summed E-state index contributed by atoms with van der Waals surface area (Å²) < 4.78 is 0. The van der Waals surface area contributed by atoms with Crippen molar-refractivity contribution in [3.05, 3.63) is 29.3 Å². The summed E-state index contributed by atoms with van der Waals surface area (Å²) >= 11 is 1.61. The number of thiophene rings is 1. The Morgan fingerprint density at radius 2 is 2.07 bits per heavy atom. The summed E-state index contributed by atoms with van der Waals surface area (Å²) in [5.41, 5.74) is 1.30. The molecular weight excluding hydrogens is 386 g/mol. The van der Waals surface area contributed by atoms with Crippen molar-refractivity contribution in [2.24, 2.45) is 5.92 Å². The van der Waals surface area contributed by atoms with Crippen molar-refractivity contribution in [2.75, 3.05) is 39.3 Å². The number of hydrogen-bond acceptors (Lipinski definition) is 5. The highest BCUT2D eigenvalue weighted by atomic mass is 32.1. The van der Waals surface area contributed by atoms with Crippen LogP contribution in [0.25, 0.3) is 10.6 Å². The average molecular weight is 418 g/mol. The number of rotatable bonds is 9. The van der Waals surface area contributed by atoms with E-state index in [9.17, 15) is 9.59 Å². The molecule has 1 fully saturated rings. The van der Waals surface area contributed by atoms with E-state index in [1.54, 1.807) is 16.2 Å². The van der Waals surface area contributed by atoms with Gasteiger partial charge in [-0.15, -0.1) is 11.3 Å². The van der Waals surface area contributed by atoms with Gasteiger partial charge in [0.15, 0.2) is 5.69 Å². The average Bonchev–Trinajstić information content (AvgIpc) is 3.45. The molecule has 2 amide bonds. The molecule has 3 rings (SSSR count). The van der Waals surface area contributed by atoms with Crippen LogP contribution in [0.5, 0.6) is 0 Å². The van der Waals surface area contributed by atoms with Crippen LogP contribution in [0.15, 0.2) is 23.6 Å². The van der Waals surface area contributed by atoms with Crippen molar-refractivity contribution in [3.8, 4) is 10.6 Å². The van der Waals surface area contributed by atoms with Gasteiger partial charge in [0.05, 0.1) is 10.6 Å². The van der Waals surface area contributed by atoms with Crippen molar-refractivity contribution in [1.29, 1.82) is 0 Å². The molecule has 158 valence electrons. The minimum atomic E-state index is -0.0675. The van der Waals surface area contributed by atoms with E-state index in [1.807, 2.05) is 23.6 Å². The van der Waals surface area contributed by atoms with E-state index in [0.717, 1.165) is 36.6 Å². The van der Waals surface area contributed by atoms with Gasteiger partial charge in [-0.1, -0.05) is 19.9 Å². The van der Waals surface area contributed by atoms with Gasteiger partial charge in [-0.2, -0.15) is 5.10 Å². The number of nitrogens with zero attached hydrogens (tertiary/aromatic N) is 3. The molecular formula is C21H31N5O2S. The number of hydrogen-bond donors (Lipinski definition) is 2. The number of H-pyrrole nitrogens is 1. The third-order valence-corrected chi connectivity index (χ3v) is 6.48. The first-order valence-electron chi connectivity index (χ1n) is 10.5. The van der Waals surface area contributed by atoms with Gasteiger partial charge in [0.25, 0.3) is 5.91 Å². The SMILES string of the molecule is CCN(CC)CCCNC(=O)C1CCN(C(=O)c2cc(-c3cccs3)[nH]n2)CC1. The second-order valence-electron chi connectivity index (χ2n) is 7.38. The maximum Gasteiger partial charge on any atom is 0.274 e. The number of piperidine rings is 1. The minimum absolute atomic E-state index is 0.00614. The molecule has 8 heteroatoms. The van der Waals surface area contributed by atoms with E-state index < -0.39 is 0 Å². The smallest absolute Gasteiger partial charge is 0.274 e. The van der Waals surface area contributed by atoms with Crippen molar-refractivity contribution in [1.82, 2.24) is 25.3 Å². The van der Waals surface area contributed by atoms with Gasteiger partial charge in [-0.3, -0.25) is 14.7 Å². The Morgan fingerprint density at radius 1 is 1.31 bits per heavy atom. The number of carbonyl (C=O) groups is 2. The largest absolute Gasteiger partial charge is 0.356 e. The molecule has 0 bridgehead atoms. The standard InChI is InChI=1S/C21H31N5O2S/c1-3-25(4-2)11-6-10-22-20(27)16-8-12-26(13-9-16)21(28)18-15-17(23-24-18)19-7-5-14-29-19/h5,7,14-16H,3-4,6,8-13H2,1-2H3,(H,22,27)(H,23,24). The van der Waals surface area contributed by atoms with Gasteiger partial charge in [-0.05, 0) is 56.4 Å². The summed E-state index contributed by atoms with van der Waals surface area (Å²) in [6, 6.07) is 5.78. The monoisotopic (exact) mass is 417 g/mol. The lowest BCUT2D eigenvalue weighted by atomic mass is 9.95. The van der Waals surface area contributed by atoms with E-state index in [1.165, 1.54) is 0 Å². The van der Waals surface area contributed by atoms with E-state index in [4.69, 9.17) is 0 Å². The molecule has 1 aliphatic rings. The van der Waals surface area contributed by atoms with Crippen LogP contribution < -0.4 is 5.32 Å². The van der Waals surface area contributed by atoms with Crippen LogP contribution in [-0.4, -0.2) is 71.1 Å². The fraction of sp³-hybridized carbons (Fsp3) is 0.571. The van der Waals surface area contributed by atoms with Crippen molar-refractivity contribution in [2.45, 2.75) is 33.1 Å². The minimum Gasteiger partial charge on any atom is -0.356 e. The second kappa shape index (κ2) is 10.5. The molecule has 0 unspecified atom stereocenters. The molecule has 0 spiro atoms. The fourth-order valence-electron chi connectivity index (χ4n) is 3.69. The van der Waals surface area contributed by atoms with Crippen molar-refractivity contribution >= 4 is 23.2 Å². The topological polar surface area (TPSA) is 81.3 Å². The molecule has 2 N–H and O–H groups in total. The van der Waals surface area contributed by atoms with Gasteiger partial charge < -0.3 is 15.1 Å². The molecule has 0 aromatic carbocycles. The number of likely N-dealkylation sites (tertiary alicyclic amines) is 1. The van der Waals surface area contributed by atoms with E-state index in [0.29, 0.717) is 38.2 Å². The summed E-state index contributed by atoms with van der Waals surface area (Å²) in [4.78, 5) is 30.4. The number of aromatic nitrogens is 2. The Bertz CT molecular complexity index is 777. The third kappa shape index (κ3) is 5.67. The van der Waals surface area contributed by atoms with Crippen LogP contribution in [0.3, 0.4) is 0 Å². The summed E-state index contributed by atoms with van der Waals surface area (Å²) in [6.07, 6.45) is 2.38. The predicted molar refractivity (Wildman–Crippen MR) is 116 cm³/mol. The molecule has 29 heavy (non-hydrogen) atoms. The van der Waals surface area contributed by atoms with Crippen LogP contribution in [0.1, 0.15) is 43.6 Å². The Kier molecular flexibility index (Phi) is 7.83. The lowest BCUT2D eigenvalue weighted by molar-refractivity contribution is -0.126. The Morgan fingerprint density at radius 3 is 2.72 bits per heavy atom. The first-order chi connectivity index (χ1) is 14.1. The molecule has 2 aromatic rings. The lowest BCUT2D eigenvalue weighted by Crippen LogP contribution is -2.43. The Balaban J connectivity index is 1.42. The normalized spacial score (nSPS) is 15.1. The van der Waals surface area contributed by atoms with Crippen LogP contribution in [0.2, 0.25) is 0 Å². The molecule has 2 aromatic heterocycles. The Hall–Kier alpha value is -2.19. The summed E-state index contributed by atoms with van der Waals surface area (Å²) in [5, 5.41) is 12.2. The molecule has 0 radical (unpaired) electrons. The number of amides is 2. The molecule has 0 aliphatic carbocycles. The van der Waals surface area contributed by atoms with Gasteiger partial charge in [-0.25, -0.2) is 0 Å². The van der Waals surface area contributed by atoms with Crippen molar-refractivity contribution in [3.63, 3.8) is 0 Å². The van der Waals surface area contributed by atoms with Gasteiger partial charge in [0, 0.05) is 25.6 Å². The highest BCUT2D eigenvalue weighted by molar-refractivity contribution is 7.13. The van der Waals surface area contributed by atoms with Crippen LogP contribution in [0.4, 0.5) is 0 Å². The van der Waals surface area contributed by atoms with E-state index in [-0.39, 0.29) is 17.7 Å². The maximum atomic E-state index is 12.7. The summed E-state index contributed by atoms with van der Waals surface area (Å²) in [5.74, 6) is 0.0481. The van der Waals surface area contributed by atoms with Crippen molar-refractivity contribution < 1.29 is 9.59 Å². The van der Waals surface area contributed by atoms with Gasteiger partial charge in [0.1, 0.15) is 0 Å². The van der Waals surface area contributed by atoms with Gasteiger partial charge in [0.2, 0.25) is 5.91 Å². The lowest BCUT2D eigenvalue weighted by Gasteiger charge is -2.31. The predicted octanol–water partition coefficient (Wildman–Crippen LogP) is 2.84. The number of aromatic amines is 1. The molecule has 1 aliphatic heterocycles.